The molecule has 2 saturated heterocycles. The minimum Gasteiger partial charge on any atom is -0.450 e. The fourth-order valence-corrected chi connectivity index (χ4v) is 3.53. The van der Waals surface area contributed by atoms with Crippen molar-refractivity contribution in [2.75, 3.05) is 50.9 Å². The molecule has 0 unspecified atom stereocenters. The first-order chi connectivity index (χ1) is 13.2. The van der Waals surface area contributed by atoms with E-state index in [1.54, 1.807) is 11.8 Å². The van der Waals surface area contributed by atoms with Gasteiger partial charge in [-0.2, -0.15) is 0 Å². The van der Waals surface area contributed by atoms with Gasteiger partial charge in [0.25, 0.3) is 0 Å². The molecule has 0 radical (unpaired) electrons. The summed E-state index contributed by atoms with van der Waals surface area (Å²) in [5, 5.41) is 3.09. The lowest BCUT2D eigenvalue weighted by Gasteiger charge is -2.31. The third kappa shape index (κ3) is 5.60. The van der Waals surface area contributed by atoms with Gasteiger partial charge in [-0.3, -0.25) is 4.79 Å². The zero-order chi connectivity index (χ0) is 19.1. The van der Waals surface area contributed by atoms with Crippen LogP contribution in [0.4, 0.5) is 10.5 Å². The zero-order valence-corrected chi connectivity index (χ0v) is 16.0. The molecule has 3 rings (SSSR count). The molecule has 2 amide bonds. The van der Waals surface area contributed by atoms with E-state index in [1.807, 2.05) is 12.1 Å². The molecule has 27 heavy (non-hydrogen) atoms. The number of ether oxygens (including phenoxy) is 2. The molecule has 2 heterocycles. The number of nitrogens with one attached hydrogen (secondary N) is 1. The summed E-state index contributed by atoms with van der Waals surface area (Å²) in [5.41, 5.74) is 2.18. The van der Waals surface area contributed by atoms with Gasteiger partial charge in [0, 0.05) is 37.9 Å². The predicted molar refractivity (Wildman–Crippen MR) is 103 cm³/mol. The standard InChI is InChI=1S/C20H29N3O4/c1-2-27-20(25)23-9-7-17(8-10-23)21-19(24)15-16-3-5-18(6-4-16)22-11-13-26-14-12-22/h3-6,17H,2,7-15H2,1H3,(H,21,24). The Hall–Kier alpha value is -2.28. The van der Waals surface area contributed by atoms with Gasteiger partial charge in [0.2, 0.25) is 5.91 Å². The van der Waals surface area contributed by atoms with Crippen molar-refractivity contribution in [2.24, 2.45) is 0 Å². The number of hydrogen-bond acceptors (Lipinski definition) is 5. The van der Waals surface area contributed by atoms with Crippen molar-refractivity contribution >= 4 is 17.7 Å². The van der Waals surface area contributed by atoms with Gasteiger partial charge in [0.15, 0.2) is 0 Å². The quantitative estimate of drug-likeness (QED) is 0.850. The Bertz CT molecular complexity index is 621. The van der Waals surface area contributed by atoms with Crippen LogP contribution in [-0.2, 0) is 20.7 Å². The second-order valence-electron chi connectivity index (χ2n) is 6.97. The summed E-state index contributed by atoms with van der Waals surface area (Å²) in [5.74, 6) is 0.0312. The number of morpholine rings is 1. The normalized spacial score (nSPS) is 18.3. The number of nitrogens with zero attached hydrogens (tertiary/aromatic N) is 2. The number of benzene rings is 1. The van der Waals surface area contributed by atoms with E-state index < -0.39 is 0 Å². The van der Waals surface area contributed by atoms with E-state index in [4.69, 9.17) is 9.47 Å². The summed E-state index contributed by atoms with van der Waals surface area (Å²) < 4.78 is 10.4. The summed E-state index contributed by atoms with van der Waals surface area (Å²) in [7, 11) is 0. The van der Waals surface area contributed by atoms with Crippen molar-refractivity contribution in [3.63, 3.8) is 0 Å². The molecule has 0 aliphatic carbocycles. The molecule has 0 saturated carbocycles. The molecule has 7 heteroatoms. The van der Waals surface area contributed by atoms with E-state index in [0.29, 0.717) is 26.1 Å². The molecule has 7 nitrogen and oxygen atoms in total. The summed E-state index contributed by atoms with van der Waals surface area (Å²) in [4.78, 5) is 28.1. The molecule has 1 aromatic rings. The maximum absolute atomic E-state index is 12.3. The Morgan fingerprint density at radius 2 is 1.78 bits per heavy atom. The van der Waals surface area contributed by atoms with Crippen LogP contribution in [-0.4, -0.2) is 68.9 Å². The zero-order valence-electron chi connectivity index (χ0n) is 16.0. The molecular weight excluding hydrogens is 346 g/mol. The average Bonchev–Trinajstić information content (AvgIpc) is 2.70. The van der Waals surface area contributed by atoms with Gasteiger partial charge in [-0.05, 0) is 37.5 Å². The van der Waals surface area contributed by atoms with Gasteiger partial charge in [0.1, 0.15) is 0 Å². The van der Waals surface area contributed by atoms with E-state index >= 15 is 0 Å². The second-order valence-corrected chi connectivity index (χ2v) is 6.97. The maximum atomic E-state index is 12.3. The Morgan fingerprint density at radius 3 is 2.41 bits per heavy atom. The SMILES string of the molecule is CCOC(=O)N1CCC(NC(=O)Cc2ccc(N3CCOCC3)cc2)CC1. The second kappa shape index (κ2) is 9.60. The highest BCUT2D eigenvalue weighted by atomic mass is 16.6. The Kier molecular flexibility index (Phi) is 6.92. The summed E-state index contributed by atoms with van der Waals surface area (Å²) in [6.07, 6.45) is 1.64. The monoisotopic (exact) mass is 375 g/mol. The Balaban J connectivity index is 1.42. The van der Waals surface area contributed by atoms with Crippen LogP contribution in [0.15, 0.2) is 24.3 Å². The van der Waals surface area contributed by atoms with E-state index in [2.05, 4.69) is 22.3 Å². The lowest BCUT2D eigenvalue weighted by Crippen LogP contribution is -2.47. The molecule has 148 valence electrons. The summed E-state index contributed by atoms with van der Waals surface area (Å²) in [6.45, 7) is 6.78. The lowest BCUT2D eigenvalue weighted by molar-refractivity contribution is -0.121. The molecule has 2 aliphatic heterocycles. The minimum absolute atomic E-state index is 0.0312. The first-order valence-corrected chi connectivity index (χ1v) is 9.78. The highest BCUT2D eigenvalue weighted by molar-refractivity contribution is 5.79. The minimum atomic E-state index is -0.261. The smallest absolute Gasteiger partial charge is 0.409 e. The van der Waals surface area contributed by atoms with Crippen LogP contribution in [0.25, 0.3) is 0 Å². The molecule has 0 atom stereocenters. The topological polar surface area (TPSA) is 71.1 Å². The van der Waals surface area contributed by atoms with Gasteiger partial charge in [-0.25, -0.2) is 4.79 Å². The molecular formula is C20H29N3O4. The van der Waals surface area contributed by atoms with Crippen LogP contribution in [0.1, 0.15) is 25.3 Å². The van der Waals surface area contributed by atoms with Crippen LogP contribution in [0.2, 0.25) is 0 Å². The summed E-state index contributed by atoms with van der Waals surface area (Å²) in [6, 6.07) is 8.31. The third-order valence-electron chi connectivity index (χ3n) is 5.06. The first kappa shape index (κ1) is 19.5. The Labute approximate surface area is 160 Å². The van der Waals surface area contributed by atoms with Gasteiger partial charge >= 0.3 is 6.09 Å². The van der Waals surface area contributed by atoms with E-state index in [0.717, 1.165) is 44.7 Å². The van der Waals surface area contributed by atoms with Gasteiger partial charge in [-0.15, -0.1) is 0 Å². The third-order valence-corrected chi connectivity index (χ3v) is 5.06. The van der Waals surface area contributed by atoms with Crippen LogP contribution in [0, 0.1) is 0 Å². The van der Waals surface area contributed by atoms with E-state index in [-0.39, 0.29) is 18.0 Å². The molecule has 2 fully saturated rings. The highest BCUT2D eigenvalue weighted by Crippen LogP contribution is 2.17. The number of anilines is 1. The average molecular weight is 375 g/mol. The number of piperidine rings is 1. The van der Waals surface area contributed by atoms with E-state index in [9.17, 15) is 9.59 Å². The fraction of sp³-hybridized carbons (Fsp3) is 0.600. The van der Waals surface area contributed by atoms with Crippen LogP contribution in [0.5, 0.6) is 0 Å². The predicted octanol–water partition coefficient (Wildman–Crippen LogP) is 1.80. The van der Waals surface area contributed by atoms with Crippen LogP contribution in [0.3, 0.4) is 0 Å². The van der Waals surface area contributed by atoms with Gasteiger partial charge in [0.05, 0.1) is 26.2 Å². The Morgan fingerprint density at radius 1 is 1.11 bits per heavy atom. The van der Waals surface area contributed by atoms with Crippen molar-refractivity contribution in [3.05, 3.63) is 29.8 Å². The molecule has 0 spiro atoms. The molecule has 2 aliphatic rings. The largest absolute Gasteiger partial charge is 0.450 e. The van der Waals surface area contributed by atoms with Gasteiger partial charge < -0.3 is 24.6 Å². The van der Waals surface area contributed by atoms with Crippen molar-refractivity contribution in [1.29, 1.82) is 0 Å². The molecule has 1 N–H and O–H groups in total. The molecule has 1 aromatic carbocycles. The van der Waals surface area contributed by atoms with Gasteiger partial charge in [-0.1, -0.05) is 12.1 Å². The number of carbonyl (C=O) groups is 2. The number of likely N-dealkylation sites (tertiary alicyclic amines) is 1. The van der Waals surface area contributed by atoms with Crippen LogP contribution < -0.4 is 10.2 Å². The molecule has 0 aromatic heterocycles. The lowest BCUT2D eigenvalue weighted by atomic mass is 10.0. The molecule has 0 bridgehead atoms. The van der Waals surface area contributed by atoms with E-state index in [1.165, 1.54) is 5.69 Å². The highest BCUT2D eigenvalue weighted by Gasteiger charge is 2.24. The maximum Gasteiger partial charge on any atom is 0.409 e. The summed E-state index contributed by atoms with van der Waals surface area (Å²) >= 11 is 0. The number of amides is 2. The number of hydrogen-bond donors (Lipinski definition) is 1. The fourth-order valence-electron chi connectivity index (χ4n) is 3.53. The van der Waals surface area contributed by atoms with Crippen LogP contribution >= 0.6 is 0 Å². The first-order valence-electron chi connectivity index (χ1n) is 9.78. The van der Waals surface area contributed by atoms with Crippen molar-refractivity contribution in [1.82, 2.24) is 10.2 Å². The van der Waals surface area contributed by atoms with Crippen molar-refractivity contribution < 1.29 is 19.1 Å². The number of carbonyl (C=O) groups excluding carboxylic acids is 2. The van der Waals surface area contributed by atoms with Crippen molar-refractivity contribution in [2.45, 2.75) is 32.2 Å². The number of rotatable bonds is 5. The van der Waals surface area contributed by atoms with Crippen molar-refractivity contribution in [3.8, 4) is 0 Å².